The summed E-state index contributed by atoms with van der Waals surface area (Å²) in [6.07, 6.45) is -1.81. The van der Waals surface area contributed by atoms with E-state index in [-0.39, 0.29) is 11.0 Å². The quantitative estimate of drug-likeness (QED) is 0.874. The van der Waals surface area contributed by atoms with Crippen LogP contribution < -0.4 is 11.1 Å². The second kappa shape index (κ2) is 5.44. The van der Waals surface area contributed by atoms with Crippen molar-refractivity contribution in [3.63, 3.8) is 0 Å². The second-order valence-corrected chi connectivity index (χ2v) is 5.26. The van der Waals surface area contributed by atoms with Crippen molar-refractivity contribution in [3.05, 3.63) is 35.4 Å². The molecule has 0 aromatic heterocycles. The number of benzene rings is 1. The van der Waals surface area contributed by atoms with E-state index in [1.165, 1.54) is 18.2 Å². The number of rotatable bonds is 5. The van der Waals surface area contributed by atoms with E-state index in [1.807, 2.05) is 0 Å². The summed E-state index contributed by atoms with van der Waals surface area (Å²) in [6, 6.07) is 4.82. The first-order valence-electron chi connectivity index (χ1n) is 6.52. The van der Waals surface area contributed by atoms with Crippen molar-refractivity contribution in [2.75, 3.05) is 13.1 Å². The molecule has 3 N–H and O–H groups in total. The monoisotopic (exact) mass is 286 g/mol. The predicted molar refractivity (Wildman–Crippen MR) is 69.1 cm³/mol. The lowest BCUT2D eigenvalue weighted by atomic mass is 10.0. The Morgan fingerprint density at radius 1 is 1.30 bits per heavy atom. The number of amides is 1. The van der Waals surface area contributed by atoms with Crippen molar-refractivity contribution < 1.29 is 18.0 Å². The first-order chi connectivity index (χ1) is 9.38. The Morgan fingerprint density at radius 3 is 2.50 bits per heavy atom. The molecule has 0 aliphatic heterocycles. The summed E-state index contributed by atoms with van der Waals surface area (Å²) >= 11 is 0. The van der Waals surface area contributed by atoms with E-state index in [1.54, 1.807) is 0 Å². The third-order valence-corrected chi connectivity index (χ3v) is 3.73. The molecule has 20 heavy (non-hydrogen) atoms. The smallest absolute Gasteiger partial charge is 0.351 e. The molecule has 2 rings (SSSR count). The van der Waals surface area contributed by atoms with Crippen LogP contribution in [0.15, 0.2) is 24.3 Å². The van der Waals surface area contributed by atoms with Crippen LogP contribution in [0.4, 0.5) is 13.2 Å². The fraction of sp³-hybridized carbons (Fsp3) is 0.500. The van der Waals surface area contributed by atoms with Crippen LogP contribution in [-0.2, 0) is 6.18 Å². The summed E-state index contributed by atoms with van der Waals surface area (Å²) in [4.78, 5) is 11.9. The van der Waals surface area contributed by atoms with Crippen LogP contribution in [0.25, 0.3) is 0 Å². The minimum atomic E-state index is -4.53. The topological polar surface area (TPSA) is 55.1 Å². The number of hydrogen-bond acceptors (Lipinski definition) is 2. The number of nitrogens with two attached hydrogens (primary N) is 1. The molecule has 0 radical (unpaired) electrons. The fourth-order valence-electron chi connectivity index (χ4n) is 2.29. The molecule has 1 aromatic rings. The van der Waals surface area contributed by atoms with Crippen LogP contribution in [0.1, 0.15) is 35.2 Å². The Balaban J connectivity index is 2.07. The molecule has 0 saturated heterocycles. The zero-order chi connectivity index (χ0) is 14.8. The molecule has 6 heteroatoms. The van der Waals surface area contributed by atoms with Gasteiger partial charge in [-0.25, -0.2) is 0 Å². The molecule has 1 aliphatic carbocycles. The highest BCUT2D eigenvalue weighted by molar-refractivity contribution is 5.95. The maximum atomic E-state index is 12.8. The van der Waals surface area contributed by atoms with Crippen molar-refractivity contribution >= 4 is 5.91 Å². The highest BCUT2D eigenvalue weighted by Gasteiger charge is 2.42. The molecule has 3 nitrogen and oxygen atoms in total. The van der Waals surface area contributed by atoms with Crippen LogP contribution in [0.2, 0.25) is 0 Å². The van der Waals surface area contributed by atoms with Gasteiger partial charge < -0.3 is 11.1 Å². The number of alkyl halides is 3. The van der Waals surface area contributed by atoms with Gasteiger partial charge in [0.1, 0.15) is 0 Å². The average Bonchev–Trinajstić information content (AvgIpc) is 3.16. The first-order valence-corrected chi connectivity index (χ1v) is 6.52. The highest BCUT2D eigenvalue weighted by Crippen LogP contribution is 2.47. The molecule has 1 aromatic carbocycles. The number of hydrogen-bond donors (Lipinski definition) is 2. The van der Waals surface area contributed by atoms with Gasteiger partial charge in [0.05, 0.1) is 11.1 Å². The largest absolute Gasteiger partial charge is 0.417 e. The van der Waals surface area contributed by atoms with Gasteiger partial charge in [0.15, 0.2) is 0 Å². The number of carbonyl (C=O) groups excluding carboxylic acids is 1. The average molecular weight is 286 g/mol. The van der Waals surface area contributed by atoms with Gasteiger partial charge in [0.2, 0.25) is 0 Å². The molecule has 1 aliphatic rings. The summed E-state index contributed by atoms with van der Waals surface area (Å²) in [5.74, 6) is -0.679. The molecular weight excluding hydrogens is 269 g/mol. The van der Waals surface area contributed by atoms with Crippen LogP contribution >= 0.6 is 0 Å². The molecule has 1 saturated carbocycles. The molecule has 1 amide bonds. The van der Waals surface area contributed by atoms with E-state index in [0.717, 1.165) is 25.3 Å². The van der Waals surface area contributed by atoms with E-state index in [0.29, 0.717) is 13.1 Å². The van der Waals surface area contributed by atoms with Crippen molar-refractivity contribution in [2.24, 2.45) is 11.1 Å². The molecular formula is C14H17F3N2O. The van der Waals surface area contributed by atoms with Crippen molar-refractivity contribution in [2.45, 2.75) is 25.4 Å². The lowest BCUT2D eigenvalue weighted by Crippen LogP contribution is -2.32. The Bertz CT molecular complexity index is 495. The zero-order valence-electron chi connectivity index (χ0n) is 11.0. The summed E-state index contributed by atoms with van der Waals surface area (Å²) < 4.78 is 38.5. The molecule has 0 atom stereocenters. The normalized spacial score (nSPS) is 16.8. The van der Waals surface area contributed by atoms with E-state index < -0.39 is 17.6 Å². The minimum Gasteiger partial charge on any atom is -0.351 e. The lowest BCUT2D eigenvalue weighted by Gasteiger charge is -2.16. The Labute approximate surface area is 115 Å². The van der Waals surface area contributed by atoms with Gasteiger partial charge in [-0.15, -0.1) is 0 Å². The Morgan fingerprint density at radius 2 is 1.95 bits per heavy atom. The molecule has 1 fully saturated rings. The van der Waals surface area contributed by atoms with E-state index in [2.05, 4.69) is 5.32 Å². The van der Waals surface area contributed by atoms with Crippen LogP contribution in [0.3, 0.4) is 0 Å². The Hall–Kier alpha value is -1.56. The van der Waals surface area contributed by atoms with E-state index in [9.17, 15) is 18.0 Å². The SMILES string of the molecule is NCCC1(CNC(=O)c2ccccc2C(F)(F)F)CC1. The standard InChI is InChI=1S/C14H17F3N2O/c15-14(16,17)11-4-2-1-3-10(11)12(20)19-9-13(5-6-13)7-8-18/h1-4H,5-9,18H2,(H,19,20). The second-order valence-electron chi connectivity index (χ2n) is 5.26. The molecule has 110 valence electrons. The zero-order valence-corrected chi connectivity index (χ0v) is 11.0. The minimum absolute atomic E-state index is 0.00239. The van der Waals surface area contributed by atoms with Gasteiger partial charge in [-0.3, -0.25) is 4.79 Å². The lowest BCUT2D eigenvalue weighted by molar-refractivity contribution is -0.137. The third kappa shape index (κ3) is 3.30. The van der Waals surface area contributed by atoms with Gasteiger partial charge >= 0.3 is 6.18 Å². The summed E-state index contributed by atoms with van der Waals surface area (Å²) in [7, 11) is 0. The fourth-order valence-corrected chi connectivity index (χ4v) is 2.29. The van der Waals surface area contributed by atoms with E-state index in [4.69, 9.17) is 5.73 Å². The predicted octanol–water partition coefficient (Wildman–Crippen LogP) is 2.56. The molecule has 0 spiro atoms. The van der Waals surface area contributed by atoms with Gasteiger partial charge in [-0.1, -0.05) is 12.1 Å². The van der Waals surface area contributed by atoms with Crippen LogP contribution in [0.5, 0.6) is 0 Å². The maximum Gasteiger partial charge on any atom is 0.417 e. The van der Waals surface area contributed by atoms with Gasteiger partial charge in [-0.05, 0) is 43.4 Å². The first kappa shape index (κ1) is 14.8. The summed E-state index contributed by atoms with van der Waals surface area (Å²) in [6.45, 7) is 0.907. The van der Waals surface area contributed by atoms with E-state index >= 15 is 0 Å². The Kier molecular flexibility index (Phi) is 4.04. The molecule has 0 bridgehead atoms. The van der Waals surface area contributed by atoms with Crippen molar-refractivity contribution in [3.8, 4) is 0 Å². The van der Waals surface area contributed by atoms with Crippen molar-refractivity contribution in [1.82, 2.24) is 5.32 Å². The highest BCUT2D eigenvalue weighted by atomic mass is 19.4. The van der Waals surface area contributed by atoms with Gasteiger partial charge in [0, 0.05) is 6.54 Å². The van der Waals surface area contributed by atoms with Gasteiger partial charge in [-0.2, -0.15) is 13.2 Å². The molecule has 0 heterocycles. The van der Waals surface area contributed by atoms with Crippen LogP contribution in [-0.4, -0.2) is 19.0 Å². The van der Waals surface area contributed by atoms with Crippen LogP contribution in [0, 0.1) is 5.41 Å². The maximum absolute atomic E-state index is 12.8. The van der Waals surface area contributed by atoms with Crippen molar-refractivity contribution in [1.29, 1.82) is 0 Å². The number of halogens is 3. The third-order valence-electron chi connectivity index (χ3n) is 3.73. The number of carbonyl (C=O) groups is 1. The summed E-state index contributed by atoms with van der Waals surface area (Å²) in [5.41, 5.74) is 4.26. The molecule has 0 unspecified atom stereocenters. The van der Waals surface area contributed by atoms with Gasteiger partial charge in [0.25, 0.3) is 5.91 Å². The number of nitrogens with one attached hydrogen (secondary N) is 1. The summed E-state index contributed by atoms with van der Waals surface area (Å²) in [5, 5.41) is 2.60.